The monoisotopic (exact) mass is 562 g/mol. The summed E-state index contributed by atoms with van der Waals surface area (Å²) >= 11 is 5.96. The molecule has 2 aromatic rings. The van der Waals surface area contributed by atoms with Gasteiger partial charge in [0.2, 0.25) is 17.7 Å². The molecule has 1 saturated heterocycles. The van der Waals surface area contributed by atoms with Gasteiger partial charge in [0.15, 0.2) is 0 Å². The lowest BCUT2D eigenvalue weighted by Gasteiger charge is -2.27. The molecule has 7 nitrogen and oxygen atoms in total. The van der Waals surface area contributed by atoms with Crippen molar-refractivity contribution < 1.29 is 27.6 Å². The summed E-state index contributed by atoms with van der Waals surface area (Å²) in [5.74, 6) is -1.56. The molecule has 4 rings (SSSR count). The SMILES string of the molecule is C/C(=N\N(CC(=O)NC(C(=O)N1CCCC1)c1ccccc1C(F)(F)F)C(=O)CC1CC1)c1ccc(Cl)cc1. The van der Waals surface area contributed by atoms with E-state index in [9.17, 15) is 27.6 Å². The lowest BCUT2D eigenvalue weighted by molar-refractivity contribution is -0.141. The molecule has 0 radical (unpaired) electrons. The van der Waals surface area contributed by atoms with Crippen molar-refractivity contribution in [2.24, 2.45) is 11.0 Å². The van der Waals surface area contributed by atoms with Crippen LogP contribution in [0.4, 0.5) is 13.2 Å². The van der Waals surface area contributed by atoms with Crippen LogP contribution >= 0.6 is 11.6 Å². The number of rotatable bonds is 9. The molecule has 2 aliphatic rings. The molecule has 3 amide bonds. The van der Waals surface area contributed by atoms with Crippen molar-refractivity contribution in [3.05, 3.63) is 70.2 Å². The molecule has 1 aliphatic carbocycles. The molecular weight excluding hydrogens is 533 g/mol. The molecule has 208 valence electrons. The van der Waals surface area contributed by atoms with Crippen molar-refractivity contribution in [3.63, 3.8) is 0 Å². The van der Waals surface area contributed by atoms with Gasteiger partial charge < -0.3 is 10.2 Å². The number of halogens is 4. The van der Waals surface area contributed by atoms with Crippen molar-refractivity contribution >= 4 is 35.0 Å². The smallest absolute Gasteiger partial charge is 0.341 e. The fourth-order valence-corrected chi connectivity index (χ4v) is 4.65. The van der Waals surface area contributed by atoms with E-state index in [-0.39, 0.29) is 23.8 Å². The van der Waals surface area contributed by atoms with Crippen molar-refractivity contribution in [2.75, 3.05) is 19.6 Å². The normalized spacial score (nSPS) is 16.6. The molecule has 2 aromatic carbocycles. The highest BCUT2D eigenvalue weighted by atomic mass is 35.5. The zero-order valence-electron chi connectivity index (χ0n) is 21.5. The van der Waals surface area contributed by atoms with E-state index < -0.39 is 36.1 Å². The largest absolute Gasteiger partial charge is 0.416 e. The molecule has 1 aliphatic heterocycles. The molecule has 1 N–H and O–H groups in total. The van der Waals surface area contributed by atoms with Crippen LogP contribution < -0.4 is 5.32 Å². The predicted octanol–water partition coefficient (Wildman–Crippen LogP) is 5.19. The Hall–Kier alpha value is -3.40. The number of alkyl halides is 3. The zero-order chi connectivity index (χ0) is 28.2. The molecule has 1 unspecified atom stereocenters. The Balaban J connectivity index is 1.60. The third-order valence-corrected chi connectivity index (χ3v) is 7.07. The van der Waals surface area contributed by atoms with E-state index >= 15 is 0 Å². The Bertz CT molecular complexity index is 1240. The van der Waals surface area contributed by atoms with Crippen LogP contribution in [0.5, 0.6) is 0 Å². The second-order valence-electron chi connectivity index (χ2n) is 9.91. The van der Waals surface area contributed by atoms with Crippen LogP contribution in [0, 0.1) is 5.92 Å². The van der Waals surface area contributed by atoms with Crippen molar-refractivity contribution in [3.8, 4) is 0 Å². The fraction of sp³-hybridized carbons (Fsp3) is 0.429. The van der Waals surface area contributed by atoms with Crippen molar-refractivity contribution in [1.29, 1.82) is 0 Å². The van der Waals surface area contributed by atoms with Gasteiger partial charge in [-0.05, 0) is 67.9 Å². The lowest BCUT2D eigenvalue weighted by atomic mass is 9.98. The zero-order valence-corrected chi connectivity index (χ0v) is 22.3. The summed E-state index contributed by atoms with van der Waals surface area (Å²) in [6.45, 7) is 1.93. The van der Waals surface area contributed by atoms with E-state index in [4.69, 9.17) is 11.6 Å². The van der Waals surface area contributed by atoms with E-state index in [1.807, 2.05) is 0 Å². The minimum absolute atomic E-state index is 0.206. The second kappa shape index (κ2) is 12.2. The third kappa shape index (κ3) is 7.59. The van der Waals surface area contributed by atoms with Crippen LogP contribution in [0.2, 0.25) is 5.02 Å². The van der Waals surface area contributed by atoms with Gasteiger partial charge in [-0.1, -0.05) is 41.9 Å². The van der Waals surface area contributed by atoms with E-state index in [1.54, 1.807) is 31.2 Å². The van der Waals surface area contributed by atoms with Gasteiger partial charge in [-0.15, -0.1) is 0 Å². The molecule has 0 aromatic heterocycles. The molecule has 1 saturated carbocycles. The number of carbonyl (C=O) groups excluding carboxylic acids is 3. The average Bonchev–Trinajstić information content (AvgIpc) is 3.53. The van der Waals surface area contributed by atoms with Crippen LogP contribution in [0.1, 0.15) is 61.8 Å². The highest BCUT2D eigenvalue weighted by Gasteiger charge is 2.39. The van der Waals surface area contributed by atoms with Gasteiger partial charge in [-0.3, -0.25) is 14.4 Å². The van der Waals surface area contributed by atoms with Gasteiger partial charge in [0.25, 0.3) is 0 Å². The van der Waals surface area contributed by atoms with Crippen molar-refractivity contribution in [1.82, 2.24) is 15.2 Å². The molecule has 39 heavy (non-hydrogen) atoms. The minimum Gasteiger partial charge on any atom is -0.341 e. The summed E-state index contributed by atoms with van der Waals surface area (Å²) in [6.07, 6.45) is -1.24. The van der Waals surface area contributed by atoms with Gasteiger partial charge in [0, 0.05) is 24.5 Å². The van der Waals surface area contributed by atoms with Crippen LogP contribution in [-0.4, -0.2) is 53.0 Å². The molecule has 2 fully saturated rings. The summed E-state index contributed by atoms with van der Waals surface area (Å²) in [5.41, 5.74) is -0.200. The molecule has 0 spiro atoms. The fourth-order valence-electron chi connectivity index (χ4n) is 4.53. The number of benzene rings is 2. The lowest BCUT2D eigenvalue weighted by Crippen LogP contribution is -2.46. The maximum Gasteiger partial charge on any atom is 0.416 e. The Morgan fingerprint density at radius 1 is 1.08 bits per heavy atom. The second-order valence-corrected chi connectivity index (χ2v) is 10.3. The summed E-state index contributed by atoms with van der Waals surface area (Å²) < 4.78 is 41.5. The number of amides is 3. The molecule has 11 heteroatoms. The molecule has 1 atom stereocenters. The van der Waals surface area contributed by atoms with Crippen LogP contribution in [0.3, 0.4) is 0 Å². The Morgan fingerprint density at radius 3 is 2.33 bits per heavy atom. The number of hydrogen-bond acceptors (Lipinski definition) is 4. The maximum absolute atomic E-state index is 13.8. The topological polar surface area (TPSA) is 82.1 Å². The van der Waals surface area contributed by atoms with Gasteiger partial charge >= 0.3 is 6.18 Å². The van der Waals surface area contributed by atoms with Crippen LogP contribution in [0.15, 0.2) is 53.6 Å². The number of nitrogens with one attached hydrogen (secondary N) is 1. The molecular formula is C28H30ClF3N4O3. The number of likely N-dealkylation sites (tertiary alicyclic amines) is 1. The van der Waals surface area contributed by atoms with Crippen LogP contribution in [0.25, 0.3) is 0 Å². The van der Waals surface area contributed by atoms with Gasteiger partial charge in [0.05, 0.1) is 11.3 Å². The van der Waals surface area contributed by atoms with Gasteiger partial charge in [-0.2, -0.15) is 18.3 Å². The first-order valence-corrected chi connectivity index (χ1v) is 13.3. The summed E-state index contributed by atoms with van der Waals surface area (Å²) in [6, 6.07) is 9.95. The highest BCUT2D eigenvalue weighted by molar-refractivity contribution is 6.30. The van der Waals surface area contributed by atoms with E-state index in [0.29, 0.717) is 29.4 Å². The van der Waals surface area contributed by atoms with Gasteiger partial charge in [-0.25, -0.2) is 5.01 Å². The molecule has 1 heterocycles. The van der Waals surface area contributed by atoms with E-state index in [2.05, 4.69) is 10.4 Å². The Kier molecular flexibility index (Phi) is 8.94. The number of hydrazone groups is 1. The predicted molar refractivity (Wildman–Crippen MR) is 141 cm³/mol. The summed E-state index contributed by atoms with van der Waals surface area (Å²) in [7, 11) is 0. The third-order valence-electron chi connectivity index (χ3n) is 6.82. The van der Waals surface area contributed by atoms with Crippen molar-refractivity contribution in [2.45, 2.75) is 51.2 Å². The maximum atomic E-state index is 13.8. The average molecular weight is 563 g/mol. The van der Waals surface area contributed by atoms with Gasteiger partial charge in [0.1, 0.15) is 12.6 Å². The first-order chi connectivity index (χ1) is 18.5. The standard InChI is InChI=1S/C28H30ClF3N4O3/c1-18(20-10-12-21(29)13-11-20)34-36(25(38)16-19-8-9-19)17-24(37)33-26(27(39)35-14-4-5-15-35)22-6-2-3-7-23(22)28(30,31)32/h2-3,6-7,10-13,19,26H,4-5,8-9,14-17H2,1H3,(H,33,37)/b34-18+. The minimum atomic E-state index is -4.73. The van der Waals surface area contributed by atoms with E-state index in [1.165, 1.54) is 23.1 Å². The molecule has 0 bridgehead atoms. The Morgan fingerprint density at radius 2 is 1.72 bits per heavy atom. The summed E-state index contributed by atoms with van der Waals surface area (Å²) in [5, 5.41) is 8.42. The number of carbonyl (C=O) groups is 3. The first kappa shape index (κ1) is 28.6. The quantitative estimate of drug-likeness (QED) is 0.337. The summed E-state index contributed by atoms with van der Waals surface area (Å²) in [4.78, 5) is 41.1. The highest BCUT2D eigenvalue weighted by Crippen LogP contribution is 2.36. The van der Waals surface area contributed by atoms with Crippen LogP contribution in [-0.2, 0) is 20.6 Å². The number of nitrogens with zero attached hydrogens (tertiary/aromatic N) is 3. The van der Waals surface area contributed by atoms with E-state index in [0.717, 1.165) is 36.8 Å². The first-order valence-electron chi connectivity index (χ1n) is 12.9. The Labute approximate surface area is 230 Å². The number of hydrogen-bond donors (Lipinski definition) is 1.